The van der Waals surface area contributed by atoms with Gasteiger partial charge in [0.05, 0.1) is 5.75 Å². The van der Waals surface area contributed by atoms with Crippen molar-refractivity contribution >= 4 is 33.5 Å². The zero-order valence-electron chi connectivity index (χ0n) is 24.5. The molecular weight excluding hydrogens is 526 g/mol. The van der Waals surface area contributed by atoms with Crippen LogP contribution in [0, 0.1) is 25.7 Å². The number of amidine groups is 1. The summed E-state index contributed by atoms with van der Waals surface area (Å²) >= 11 is 0. The maximum Gasteiger partial charge on any atom is 0.318 e. The lowest BCUT2D eigenvalue weighted by molar-refractivity contribution is -0.124. The van der Waals surface area contributed by atoms with Crippen molar-refractivity contribution in [2.24, 2.45) is 10.7 Å². The zero-order chi connectivity index (χ0) is 29.3. The second-order valence-corrected chi connectivity index (χ2v) is 13.1. The van der Waals surface area contributed by atoms with E-state index in [2.05, 4.69) is 24.1 Å². The smallest absolute Gasteiger partial charge is 0.318 e. The lowest BCUT2D eigenvalue weighted by atomic mass is 9.89. The van der Waals surface area contributed by atoms with Crippen LogP contribution >= 0.6 is 0 Å². The summed E-state index contributed by atoms with van der Waals surface area (Å²) in [6, 6.07) is 3.14. The number of rotatable bonds is 12. The number of sulfonamides is 1. The molecule has 0 radical (unpaired) electrons. The number of hydrogen-bond donors (Lipinski definition) is 2. The Morgan fingerprint density at radius 2 is 1.70 bits per heavy atom. The van der Waals surface area contributed by atoms with Crippen molar-refractivity contribution in [1.29, 1.82) is 0 Å². The summed E-state index contributed by atoms with van der Waals surface area (Å²) in [7, 11) is -1.91. The fourth-order valence-electron chi connectivity index (χ4n) is 5.40. The lowest BCUT2D eigenvalue weighted by Gasteiger charge is -2.34. The van der Waals surface area contributed by atoms with Crippen LogP contribution in [-0.4, -0.2) is 61.9 Å². The predicted molar refractivity (Wildman–Crippen MR) is 161 cm³/mol. The number of primary amides is 1. The summed E-state index contributed by atoms with van der Waals surface area (Å²) in [6.45, 7) is 6.56. The number of benzene rings is 1. The lowest BCUT2D eigenvalue weighted by Crippen LogP contribution is -2.50. The fourth-order valence-corrected chi connectivity index (χ4v) is 6.86. The Labute approximate surface area is 240 Å². The number of hydrogen-bond acceptors (Lipinski definition) is 5. The van der Waals surface area contributed by atoms with Gasteiger partial charge in [0.15, 0.2) is 0 Å². The average molecular weight is 572 g/mol. The second kappa shape index (κ2) is 14.1. The second-order valence-electron chi connectivity index (χ2n) is 11.0. The van der Waals surface area contributed by atoms with Gasteiger partial charge in [-0.1, -0.05) is 32.6 Å². The third-order valence-corrected chi connectivity index (χ3v) is 9.87. The van der Waals surface area contributed by atoms with E-state index in [-0.39, 0.29) is 24.7 Å². The van der Waals surface area contributed by atoms with Gasteiger partial charge >= 0.3 is 6.03 Å². The topological polar surface area (TPSA) is 125 Å². The van der Waals surface area contributed by atoms with Crippen LogP contribution < -0.4 is 16.0 Å². The highest BCUT2D eigenvalue weighted by molar-refractivity contribution is 7.89. The molecule has 0 aromatic heterocycles. The molecule has 0 saturated carbocycles. The van der Waals surface area contributed by atoms with Crippen molar-refractivity contribution in [3.05, 3.63) is 28.8 Å². The molecule has 2 heterocycles. The van der Waals surface area contributed by atoms with Crippen molar-refractivity contribution in [2.75, 3.05) is 30.8 Å². The van der Waals surface area contributed by atoms with Crippen molar-refractivity contribution < 1.29 is 18.0 Å². The molecule has 1 aromatic carbocycles. The van der Waals surface area contributed by atoms with Crippen LogP contribution in [0.1, 0.15) is 87.8 Å². The molecule has 3 amide bonds. The predicted octanol–water partition coefficient (Wildman–Crippen LogP) is 4.20. The minimum absolute atomic E-state index is 0.0231. The molecule has 220 valence electrons. The summed E-state index contributed by atoms with van der Waals surface area (Å²) in [4.78, 5) is 30.4. The van der Waals surface area contributed by atoms with Crippen LogP contribution in [0.3, 0.4) is 0 Å². The summed E-state index contributed by atoms with van der Waals surface area (Å²) in [5, 5.41) is 2.91. The number of carbonyl (C=O) groups excluding carboxylic acids is 2. The maximum atomic E-state index is 13.2. The summed E-state index contributed by atoms with van der Waals surface area (Å²) in [6.07, 6.45) is 9.43. The molecule has 1 saturated heterocycles. The molecule has 2 aliphatic rings. The van der Waals surface area contributed by atoms with Gasteiger partial charge < -0.3 is 11.1 Å². The van der Waals surface area contributed by atoms with E-state index in [9.17, 15) is 18.0 Å². The van der Waals surface area contributed by atoms with Gasteiger partial charge in [0.2, 0.25) is 10.0 Å². The number of nitrogens with one attached hydrogen (secondary N) is 1. The number of unbranched alkanes of at least 4 members (excludes halogenated alkanes) is 5. The minimum Gasteiger partial charge on any atom is -0.351 e. The molecule has 1 spiro atoms. The Hall–Kier alpha value is -2.90. The van der Waals surface area contributed by atoms with Crippen LogP contribution in [-0.2, 0) is 21.2 Å². The largest absolute Gasteiger partial charge is 0.351 e. The first-order valence-corrected chi connectivity index (χ1v) is 16.1. The normalized spacial score (nSPS) is 16.8. The number of piperidine rings is 1. The molecule has 2 aliphatic heterocycles. The Kier molecular flexibility index (Phi) is 11.2. The molecule has 0 atom stereocenters. The first kappa shape index (κ1) is 31.6. The molecule has 10 heteroatoms. The summed E-state index contributed by atoms with van der Waals surface area (Å²) in [5.74, 6) is 6.92. The molecule has 40 heavy (non-hydrogen) atoms. The van der Waals surface area contributed by atoms with E-state index in [0.29, 0.717) is 43.6 Å². The highest BCUT2D eigenvalue weighted by atomic mass is 32.2. The van der Waals surface area contributed by atoms with Crippen LogP contribution in [0.15, 0.2) is 17.1 Å². The Bertz CT molecular complexity index is 1250. The van der Waals surface area contributed by atoms with Gasteiger partial charge in [-0.25, -0.2) is 17.5 Å². The van der Waals surface area contributed by atoms with E-state index in [0.717, 1.165) is 29.5 Å². The van der Waals surface area contributed by atoms with E-state index < -0.39 is 21.6 Å². The first-order valence-electron chi connectivity index (χ1n) is 14.5. The van der Waals surface area contributed by atoms with Crippen LogP contribution in [0.2, 0.25) is 0 Å². The van der Waals surface area contributed by atoms with Crippen LogP contribution in [0.25, 0.3) is 0 Å². The number of aliphatic imine (C=N–C) groups is 1. The number of urea groups is 1. The Morgan fingerprint density at radius 3 is 2.33 bits per heavy atom. The van der Waals surface area contributed by atoms with E-state index in [1.165, 1.54) is 34.9 Å². The summed E-state index contributed by atoms with van der Waals surface area (Å²) in [5.41, 5.74) is 7.96. The van der Waals surface area contributed by atoms with Crippen molar-refractivity contribution in [3.63, 3.8) is 0 Å². The first-order chi connectivity index (χ1) is 19.0. The molecule has 3 rings (SSSR count). The van der Waals surface area contributed by atoms with Gasteiger partial charge in [0.1, 0.15) is 11.4 Å². The number of anilines is 1. The highest BCUT2D eigenvalue weighted by Crippen LogP contribution is 2.32. The van der Waals surface area contributed by atoms with Crippen LogP contribution in [0.4, 0.5) is 10.5 Å². The fraction of sp³-hybridized carbons (Fsp3) is 0.633. The van der Waals surface area contributed by atoms with E-state index >= 15 is 0 Å². The number of aryl methyl sites for hydroxylation is 2. The van der Waals surface area contributed by atoms with Crippen molar-refractivity contribution in [3.8, 4) is 11.8 Å². The molecule has 1 fully saturated rings. The highest BCUT2D eigenvalue weighted by Gasteiger charge is 2.47. The maximum absolute atomic E-state index is 13.2. The number of nitrogens with zero attached hydrogens (tertiary/aromatic N) is 3. The van der Waals surface area contributed by atoms with Gasteiger partial charge in [-0.15, -0.1) is 11.8 Å². The van der Waals surface area contributed by atoms with Crippen molar-refractivity contribution in [2.45, 2.75) is 96.9 Å². The monoisotopic (exact) mass is 571 g/mol. The van der Waals surface area contributed by atoms with E-state index in [1.807, 2.05) is 26.0 Å². The SMILES string of the molecule is CCCCCCCC#CCCC1=NC2(CCN(S(=O)(=O)CCc3c(C)cc(N(C)C(N)=O)cc3C)CC2)C(=O)N1. The zero-order valence-corrected chi connectivity index (χ0v) is 25.3. The minimum atomic E-state index is -3.51. The standard InChI is InChI=1S/C30H45N5O4S/c1-5-6-7-8-9-10-11-12-13-14-27-32-28(36)30(33-27)16-18-35(19-17-30)40(38,39)20-15-26-23(2)21-25(22-24(26)3)34(4)29(31)37/h21-22H,5-10,13-20H2,1-4H3,(H2,31,37)(H,32,33,36). The van der Waals surface area contributed by atoms with Gasteiger partial charge in [0, 0.05) is 45.1 Å². The number of nitrogens with two attached hydrogens (primary N) is 1. The molecule has 0 aliphatic carbocycles. The molecule has 0 bridgehead atoms. The van der Waals surface area contributed by atoms with Gasteiger partial charge in [-0.3, -0.25) is 14.7 Å². The van der Waals surface area contributed by atoms with E-state index in [4.69, 9.17) is 10.7 Å². The number of amides is 3. The quantitative estimate of drug-likeness (QED) is 0.288. The van der Waals surface area contributed by atoms with Gasteiger partial charge in [-0.2, -0.15) is 0 Å². The Morgan fingerprint density at radius 1 is 1.07 bits per heavy atom. The van der Waals surface area contributed by atoms with E-state index in [1.54, 1.807) is 7.05 Å². The third-order valence-electron chi connectivity index (χ3n) is 8.00. The third kappa shape index (κ3) is 8.07. The molecule has 9 nitrogen and oxygen atoms in total. The average Bonchev–Trinajstić information content (AvgIpc) is 3.20. The van der Waals surface area contributed by atoms with Gasteiger partial charge in [-0.05, 0) is 68.4 Å². The molecule has 1 aromatic rings. The Balaban J connectivity index is 1.51. The molecular formula is C30H45N5O4S. The summed E-state index contributed by atoms with van der Waals surface area (Å²) < 4.78 is 27.9. The molecule has 0 unspecified atom stereocenters. The number of carbonyl (C=O) groups is 2. The van der Waals surface area contributed by atoms with Crippen LogP contribution in [0.5, 0.6) is 0 Å². The van der Waals surface area contributed by atoms with Gasteiger partial charge in [0.25, 0.3) is 5.91 Å². The van der Waals surface area contributed by atoms with Crippen molar-refractivity contribution in [1.82, 2.24) is 9.62 Å². The molecule has 3 N–H and O–H groups in total.